The Morgan fingerprint density at radius 3 is 2.52 bits per heavy atom. The van der Waals surface area contributed by atoms with E-state index >= 15 is 0 Å². The maximum Gasteiger partial charge on any atom is 0.410 e. The lowest BCUT2D eigenvalue weighted by Crippen LogP contribution is -2.41. The highest BCUT2D eigenvalue weighted by Gasteiger charge is 2.29. The van der Waals surface area contributed by atoms with Gasteiger partial charge in [-0.05, 0) is 51.7 Å². The number of nitrogen functional groups attached to an aromatic ring is 1. The number of likely N-dealkylation sites (tertiary alicyclic amines) is 1. The van der Waals surface area contributed by atoms with Crippen molar-refractivity contribution < 1.29 is 14.3 Å². The minimum absolute atomic E-state index is 0.258. The quantitative estimate of drug-likeness (QED) is 0.778. The highest BCUT2D eigenvalue weighted by atomic mass is 32.1. The minimum Gasteiger partial charge on any atom is -0.444 e. The van der Waals surface area contributed by atoms with Crippen molar-refractivity contribution in [1.29, 1.82) is 0 Å². The highest BCUT2D eigenvalue weighted by molar-refractivity contribution is 7.21. The van der Waals surface area contributed by atoms with Gasteiger partial charge >= 0.3 is 6.09 Å². The van der Waals surface area contributed by atoms with E-state index in [9.17, 15) is 9.59 Å². The molecule has 0 radical (unpaired) electrons. The van der Waals surface area contributed by atoms with Crippen LogP contribution in [0.15, 0.2) is 6.07 Å². The van der Waals surface area contributed by atoms with E-state index in [0.717, 1.165) is 47.2 Å². The number of carbonyl (C=O) groups is 2. The molecular formula is C21H30N4O3S. The van der Waals surface area contributed by atoms with Gasteiger partial charge < -0.3 is 21.1 Å². The van der Waals surface area contributed by atoms with Crippen LogP contribution in [0.3, 0.4) is 0 Å². The molecule has 2 aromatic heterocycles. The van der Waals surface area contributed by atoms with Crippen LogP contribution in [0.25, 0.3) is 10.2 Å². The number of hydrogen-bond acceptors (Lipinski definition) is 6. The smallest absolute Gasteiger partial charge is 0.410 e. The molecular weight excluding hydrogens is 388 g/mol. The lowest BCUT2D eigenvalue weighted by atomic mass is 9.91. The predicted octanol–water partition coefficient (Wildman–Crippen LogP) is 4.04. The molecule has 1 aliphatic heterocycles. The summed E-state index contributed by atoms with van der Waals surface area (Å²) in [5.74, 6) is -0.255. The number of rotatable bonds is 4. The maximum absolute atomic E-state index is 12.3. The molecule has 158 valence electrons. The van der Waals surface area contributed by atoms with Crippen molar-refractivity contribution in [2.75, 3.05) is 18.8 Å². The van der Waals surface area contributed by atoms with Crippen LogP contribution < -0.4 is 11.5 Å². The number of aromatic nitrogens is 1. The molecule has 1 fully saturated rings. The summed E-state index contributed by atoms with van der Waals surface area (Å²) >= 11 is 1.27. The molecule has 3 rings (SSSR count). The van der Waals surface area contributed by atoms with Crippen LogP contribution in [0.5, 0.6) is 0 Å². The van der Waals surface area contributed by atoms with Gasteiger partial charge in [-0.25, -0.2) is 9.78 Å². The molecule has 4 N–H and O–H groups in total. The number of fused-ring (bicyclic) bond motifs is 1. The zero-order valence-corrected chi connectivity index (χ0v) is 18.4. The number of piperidine rings is 1. The minimum atomic E-state index is -0.514. The van der Waals surface area contributed by atoms with E-state index in [1.807, 2.05) is 20.8 Å². The lowest BCUT2D eigenvalue weighted by Gasteiger charge is -2.33. The Morgan fingerprint density at radius 1 is 1.31 bits per heavy atom. The first-order chi connectivity index (χ1) is 13.6. The summed E-state index contributed by atoms with van der Waals surface area (Å²) in [4.78, 5) is 31.8. The SMILES string of the molecule is CCCc1cc(C2CCN(C(=O)OC(C)(C)C)CC2)nc2sc(C(N)=O)c(N)c12. The molecule has 0 atom stereocenters. The maximum atomic E-state index is 12.3. The van der Waals surface area contributed by atoms with Gasteiger partial charge in [0.25, 0.3) is 5.91 Å². The van der Waals surface area contributed by atoms with E-state index in [2.05, 4.69) is 13.0 Å². The fraction of sp³-hybridized carbons (Fsp3) is 0.571. The predicted molar refractivity (Wildman–Crippen MR) is 116 cm³/mol. The normalized spacial score (nSPS) is 15.7. The summed E-state index contributed by atoms with van der Waals surface area (Å²) in [5, 5.41) is 0.862. The van der Waals surface area contributed by atoms with Crippen molar-refractivity contribution in [2.45, 2.75) is 64.9 Å². The van der Waals surface area contributed by atoms with Crippen LogP contribution in [-0.4, -0.2) is 40.6 Å². The molecule has 0 aromatic carbocycles. The number of ether oxygens (including phenoxy) is 1. The largest absolute Gasteiger partial charge is 0.444 e. The summed E-state index contributed by atoms with van der Waals surface area (Å²) < 4.78 is 5.48. The average Bonchev–Trinajstić information content (AvgIpc) is 2.98. The molecule has 3 heterocycles. The Labute approximate surface area is 175 Å². The van der Waals surface area contributed by atoms with Gasteiger partial charge in [0.1, 0.15) is 15.3 Å². The molecule has 0 spiro atoms. The van der Waals surface area contributed by atoms with Crippen LogP contribution >= 0.6 is 11.3 Å². The number of amides is 2. The van der Waals surface area contributed by atoms with Crippen LogP contribution in [0.2, 0.25) is 0 Å². The Hall–Kier alpha value is -2.35. The Kier molecular flexibility index (Phi) is 6.03. The summed E-state index contributed by atoms with van der Waals surface area (Å²) in [6.45, 7) is 9.02. The van der Waals surface area contributed by atoms with E-state index in [4.69, 9.17) is 21.2 Å². The topological polar surface area (TPSA) is 112 Å². The summed E-state index contributed by atoms with van der Waals surface area (Å²) in [6, 6.07) is 2.12. The van der Waals surface area contributed by atoms with Crippen LogP contribution in [0.1, 0.15) is 73.8 Å². The summed E-state index contributed by atoms with van der Waals surface area (Å²) in [7, 11) is 0. The van der Waals surface area contributed by atoms with Gasteiger partial charge in [-0.15, -0.1) is 11.3 Å². The third kappa shape index (κ3) is 4.63. The second-order valence-corrected chi connectivity index (χ2v) is 9.59. The first-order valence-corrected chi connectivity index (χ1v) is 10.9. The monoisotopic (exact) mass is 418 g/mol. The van der Waals surface area contributed by atoms with Gasteiger partial charge in [0.15, 0.2) is 0 Å². The van der Waals surface area contributed by atoms with Crippen LogP contribution in [0, 0.1) is 0 Å². The summed E-state index contributed by atoms with van der Waals surface area (Å²) in [5.41, 5.74) is 13.8. The Morgan fingerprint density at radius 2 is 1.97 bits per heavy atom. The van der Waals surface area contributed by atoms with Gasteiger partial charge in [-0.3, -0.25) is 4.79 Å². The highest BCUT2D eigenvalue weighted by Crippen LogP contribution is 2.38. The molecule has 0 bridgehead atoms. The number of nitrogens with two attached hydrogens (primary N) is 2. The second kappa shape index (κ2) is 8.18. The lowest BCUT2D eigenvalue weighted by molar-refractivity contribution is 0.0204. The molecule has 29 heavy (non-hydrogen) atoms. The first-order valence-electron chi connectivity index (χ1n) is 10.1. The van der Waals surface area contributed by atoms with Crippen molar-refractivity contribution in [1.82, 2.24) is 9.88 Å². The molecule has 8 heteroatoms. The zero-order valence-electron chi connectivity index (χ0n) is 17.6. The van der Waals surface area contributed by atoms with Crippen molar-refractivity contribution in [2.24, 2.45) is 5.73 Å². The third-order valence-electron chi connectivity index (χ3n) is 5.11. The van der Waals surface area contributed by atoms with Crippen molar-refractivity contribution in [3.8, 4) is 0 Å². The van der Waals surface area contributed by atoms with E-state index in [0.29, 0.717) is 23.7 Å². The number of hydrogen-bond donors (Lipinski definition) is 2. The number of pyridine rings is 1. The van der Waals surface area contributed by atoms with E-state index < -0.39 is 11.5 Å². The van der Waals surface area contributed by atoms with Gasteiger partial charge in [0.05, 0.1) is 5.69 Å². The molecule has 2 amide bonds. The number of thiophene rings is 1. The molecule has 0 saturated carbocycles. The van der Waals surface area contributed by atoms with E-state index in [-0.39, 0.29) is 12.0 Å². The van der Waals surface area contributed by atoms with Crippen molar-refractivity contribution in [3.05, 3.63) is 22.2 Å². The number of primary amides is 1. The molecule has 0 aliphatic carbocycles. The van der Waals surface area contributed by atoms with Crippen molar-refractivity contribution >= 4 is 39.2 Å². The van der Waals surface area contributed by atoms with Crippen LogP contribution in [-0.2, 0) is 11.2 Å². The van der Waals surface area contributed by atoms with E-state index in [1.54, 1.807) is 4.90 Å². The number of aryl methyl sites for hydroxylation is 1. The van der Waals surface area contributed by atoms with Gasteiger partial charge in [0.2, 0.25) is 0 Å². The number of nitrogens with zero attached hydrogens (tertiary/aromatic N) is 2. The van der Waals surface area contributed by atoms with Gasteiger partial charge in [0, 0.05) is 30.1 Å². The standard InChI is InChI=1S/C21H30N4O3S/c1-5-6-13-11-14(24-19-15(13)16(22)17(29-19)18(23)26)12-7-9-25(10-8-12)20(27)28-21(2,3)4/h11-12H,5-10,22H2,1-4H3,(H2,23,26). The van der Waals surface area contributed by atoms with E-state index in [1.165, 1.54) is 11.3 Å². The molecule has 0 unspecified atom stereocenters. The van der Waals surface area contributed by atoms with Crippen LogP contribution in [0.4, 0.5) is 10.5 Å². The number of carbonyl (C=O) groups excluding carboxylic acids is 2. The van der Waals surface area contributed by atoms with Gasteiger partial charge in [-0.2, -0.15) is 0 Å². The zero-order chi connectivity index (χ0) is 21.3. The first kappa shape index (κ1) is 21.4. The fourth-order valence-corrected chi connectivity index (χ4v) is 4.76. The second-order valence-electron chi connectivity index (χ2n) is 8.59. The van der Waals surface area contributed by atoms with Gasteiger partial charge in [-0.1, -0.05) is 13.3 Å². The fourth-order valence-electron chi connectivity index (χ4n) is 3.76. The third-order valence-corrected chi connectivity index (χ3v) is 6.22. The van der Waals surface area contributed by atoms with Crippen molar-refractivity contribution in [3.63, 3.8) is 0 Å². The number of anilines is 1. The molecule has 1 saturated heterocycles. The molecule has 7 nitrogen and oxygen atoms in total. The molecule has 1 aliphatic rings. The molecule has 2 aromatic rings. The summed E-state index contributed by atoms with van der Waals surface area (Å²) in [6.07, 6.45) is 3.22. The Bertz CT molecular complexity index is 924. The average molecular weight is 419 g/mol. The Balaban J connectivity index is 1.84.